The first kappa shape index (κ1) is 22.2. The standard InChI is InChI=1S/C23H25N7O3S/c1-34(31,32)18-10-8-16(9-11-18)27-21-20-22(30(15-26-20)19-7-3-5-13-33-19)29-23(28-21)25-14-17-6-2-4-12-24-17/h2,4,6,8-12,15,19H,3,5,7,13-14H2,1H3,(H2,25,27,28,29). The zero-order valence-electron chi connectivity index (χ0n) is 18.7. The van der Waals surface area contributed by atoms with E-state index < -0.39 is 9.84 Å². The Morgan fingerprint density at radius 2 is 1.94 bits per heavy atom. The van der Waals surface area contributed by atoms with Gasteiger partial charge in [-0.05, 0) is 55.7 Å². The summed E-state index contributed by atoms with van der Waals surface area (Å²) in [6.07, 6.45) is 7.55. The summed E-state index contributed by atoms with van der Waals surface area (Å²) >= 11 is 0. The largest absolute Gasteiger partial charge is 0.358 e. The molecule has 1 aromatic carbocycles. The highest BCUT2D eigenvalue weighted by Crippen LogP contribution is 2.30. The van der Waals surface area contributed by atoms with Gasteiger partial charge in [-0.25, -0.2) is 13.4 Å². The minimum atomic E-state index is -3.28. The van der Waals surface area contributed by atoms with Gasteiger partial charge in [0.1, 0.15) is 6.23 Å². The lowest BCUT2D eigenvalue weighted by Crippen LogP contribution is -2.18. The molecule has 1 atom stereocenters. The van der Waals surface area contributed by atoms with Crippen LogP contribution in [0.1, 0.15) is 31.2 Å². The normalized spacial score (nSPS) is 16.4. The quantitative estimate of drug-likeness (QED) is 0.408. The molecule has 2 N–H and O–H groups in total. The number of benzene rings is 1. The Morgan fingerprint density at radius 3 is 2.65 bits per heavy atom. The highest BCUT2D eigenvalue weighted by Gasteiger charge is 2.21. The predicted molar refractivity (Wildman–Crippen MR) is 129 cm³/mol. The number of anilines is 3. The second-order valence-corrected chi connectivity index (χ2v) is 10.2. The maximum absolute atomic E-state index is 11.8. The van der Waals surface area contributed by atoms with Crippen LogP contribution in [0.2, 0.25) is 0 Å². The van der Waals surface area contributed by atoms with Gasteiger partial charge >= 0.3 is 0 Å². The van der Waals surface area contributed by atoms with E-state index in [1.165, 1.54) is 6.26 Å². The molecule has 1 saturated heterocycles. The molecule has 0 radical (unpaired) electrons. The van der Waals surface area contributed by atoms with Crippen LogP contribution in [0.4, 0.5) is 17.5 Å². The molecular formula is C23H25N7O3S. The van der Waals surface area contributed by atoms with Crippen molar-refractivity contribution in [3.05, 3.63) is 60.7 Å². The smallest absolute Gasteiger partial charge is 0.227 e. The Labute approximate surface area is 197 Å². The molecule has 5 rings (SSSR count). The van der Waals surface area contributed by atoms with Gasteiger partial charge in [0.2, 0.25) is 5.95 Å². The molecule has 1 aliphatic heterocycles. The van der Waals surface area contributed by atoms with Gasteiger partial charge in [0, 0.05) is 24.7 Å². The van der Waals surface area contributed by atoms with Crippen molar-refractivity contribution in [1.82, 2.24) is 24.5 Å². The minimum absolute atomic E-state index is 0.126. The molecule has 0 aliphatic carbocycles. The first-order valence-electron chi connectivity index (χ1n) is 11.0. The highest BCUT2D eigenvalue weighted by molar-refractivity contribution is 7.90. The summed E-state index contributed by atoms with van der Waals surface area (Å²) in [7, 11) is -3.28. The molecule has 4 heterocycles. The summed E-state index contributed by atoms with van der Waals surface area (Å²) in [6.45, 7) is 1.17. The molecule has 10 nitrogen and oxygen atoms in total. The molecule has 0 saturated carbocycles. The lowest BCUT2D eigenvalue weighted by Gasteiger charge is -2.24. The Kier molecular flexibility index (Phi) is 6.12. The van der Waals surface area contributed by atoms with Crippen molar-refractivity contribution in [1.29, 1.82) is 0 Å². The van der Waals surface area contributed by atoms with E-state index in [9.17, 15) is 8.42 Å². The topological polar surface area (TPSA) is 124 Å². The van der Waals surface area contributed by atoms with E-state index in [2.05, 4.69) is 25.6 Å². The number of sulfone groups is 1. The molecular weight excluding hydrogens is 454 g/mol. The molecule has 34 heavy (non-hydrogen) atoms. The molecule has 3 aromatic heterocycles. The molecule has 176 valence electrons. The van der Waals surface area contributed by atoms with Gasteiger partial charge < -0.3 is 15.4 Å². The average Bonchev–Trinajstić information content (AvgIpc) is 3.28. The van der Waals surface area contributed by atoms with E-state index >= 15 is 0 Å². The number of nitrogens with zero attached hydrogens (tertiary/aromatic N) is 5. The zero-order valence-corrected chi connectivity index (χ0v) is 19.5. The molecule has 1 unspecified atom stereocenters. The van der Waals surface area contributed by atoms with Gasteiger partial charge in [-0.3, -0.25) is 9.55 Å². The van der Waals surface area contributed by atoms with Crippen LogP contribution in [0.15, 0.2) is 59.9 Å². The van der Waals surface area contributed by atoms with E-state index in [0.29, 0.717) is 41.8 Å². The Balaban J connectivity index is 1.50. The van der Waals surface area contributed by atoms with Gasteiger partial charge in [-0.2, -0.15) is 9.97 Å². The maximum atomic E-state index is 11.8. The van der Waals surface area contributed by atoms with Crippen LogP contribution in [0.5, 0.6) is 0 Å². The lowest BCUT2D eigenvalue weighted by atomic mass is 10.2. The minimum Gasteiger partial charge on any atom is -0.358 e. The second-order valence-electron chi connectivity index (χ2n) is 8.14. The van der Waals surface area contributed by atoms with Crippen LogP contribution in [-0.4, -0.2) is 45.8 Å². The number of hydrogen-bond acceptors (Lipinski definition) is 9. The summed E-state index contributed by atoms with van der Waals surface area (Å²) in [5.41, 5.74) is 2.80. The van der Waals surface area contributed by atoms with E-state index in [1.807, 2.05) is 22.8 Å². The highest BCUT2D eigenvalue weighted by atomic mass is 32.2. The van der Waals surface area contributed by atoms with E-state index in [-0.39, 0.29) is 11.1 Å². The summed E-state index contributed by atoms with van der Waals surface area (Å²) < 4.78 is 31.5. The number of fused-ring (bicyclic) bond motifs is 1. The summed E-state index contributed by atoms with van der Waals surface area (Å²) in [5, 5.41) is 6.50. The monoisotopic (exact) mass is 479 g/mol. The number of rotatable bonds is 7. The molecule has 11 heteroatoms. The third kappa shape index (κ3) is 4.85. The van der Waals surface area contributed by atoms with Crippen LogP contribution >= 0.6 is 0 Å². The van der Waals surface area contributed by atoms with Crippen LogP contribution in [0.25, 0.3) is 11.2 Å². The van der Waals surface area contributed by atoms with Crippen molar-refractivity contribution in [2.45, 2.75) is 36.9 Å². The van der Waals surface area contributed by atoms with Crippen molar-refractivity contribution in [2.75, 3.05) is 23.5 Å². The maximum Gasteiger partial charge on any atom is 0.227 e. The van der Waals surface area contributed by atoms with Gasteiger partial charge in [-0.15, -0.1) is 0 Å². The van der Waals surface area contributed by atoms with Crippen LogP contribution < -0.4 is 10.6 Å². The summed E-state index contributed by atoms with van der Waals surface area (Å²) in [4.78, 5) is 18.5. The van der Waals surface area contributed by atoms with E-state index in [1.54, 1.807) is 36.8 Å². The Morgan fingerprint density at radius 1 is 1.09 bits per heavy atom. The van der Waals surface area contributed by atoms with Gasteiger partial charge in [0.05, 0.1) is 23.5 Å². The number of imidazole rings is 1. The van der Waals surface area contributed by atoms with E-state index in [0.717, 1.165) is 25.0 Å². The predicted octanol–water partition coefficient (Wildman–Crippen LogP) is 3.68. The Hall–Kier alpha value is -3.57. The van der Waals surface area contributed by atoms with Gasteiger partial charge in [0.25, 0.3) is 0 Å². The summed E-state index contributed by atoms with van der Waals surface area (Å²) in [5.74, 6) is 0.932. The molecule has 0 spiro atoms. The third-order valence-corrected chi connectivity index (χ3v) is 6.71. The summed E-state index contributed by atoms with van der Waals surface area (Å²) in [6, 6.07) is 12.2. The second kappa shape index (κ2) is 9.35. The van der Waals surface area contributed by atoms with Crippen molar-refractivity contribution in [2.24, 2.45) is 0 Å². The number of nitrogens with one attached hydrogen (secondary N) is 2. The zero-order chi connectivity index (χ0) is 23.5. The van der Waals surface area contributed by atoms with Crippen molar-refractivity contribution in [3.8, 4) is 0 Å². The lowest BCUT2D eigenvalue weighted by molar-refractivity contribution is -0.0298. The van der Waals surface area contributed by atoms with Crippen LogP contribution in [0, 0.1) is 0 Å². The number of hydrogen-bond donors (Lipinski definition) is 2. The van der Waals surface area contributed by atoms with E-state index in [4.69, 9.17) is 9.72 Å². The van der Waals surface area contributed by atoms with Crippen molar-refractivity contribution < 1.29 is 13.2 Å². The third-order valence-electron chi connectivity index (χ3n) is 5.59. The van der Waals surface area contributed by atoms with Gasteiger partial charge in [0.15, 0.2) is 26.8 Å². The number of aromatic nitrogens is 5. The molecule has 1 fully saturated rings. The molecule has 4 aromatic rings. The molecule has 0 amide bonds. The van der Waals surface area contributed by atoms with Crippen molar-refractivity contribution >= 4 is 38.5 Å². The molecule has 1 aliphatic rings. The SMILES string of the molecule is CS(=O)(=O)c1ccc(Nc2nc(NCc3ccccn3)nc3c2ncn3C2CCCCO2)cc1. The van der Waals surface area contributed by atoms with Crippen molar-refractivity contribution in [3.63, 3.8) is 0 Å². The molecule has 0 bridgehead atoms. The average molecular weight is 480 g/mol. The number of ether oxygens (including phenoxy) is 1. The fourth-order valence-corrected chi connectivity index (χ4v) is 4.46. The first-order chi connectivity index (χ1) is 16.5. The van der Waals surface area contributed by atoms with Crippen LogP contribution in [0.3, 0.4) is 0 Å². The van der Waals surface area contributed by atoms with Crippen LogP contribution in [-0.2, 0) is 21.1 Å². The van der Waals surface area contributed by atoms with Gasteiger partial charge in [-0.1, -0.05) is 6.07 Å². The fourth-order valence-electron chi connectivity index (χ4n) is 3.83. The first-order valence-corrected chi connectivity index (χ1v) is 12.9. The number of pyridine rings is 1. The fraction of sp³-hybridized carbons (Fsp3) is 0.304. The Bertz CT molecular complexity index is 1380.